The van der Waals surface area contributed by atoms with Crippen molar-refractivity contribution in [2.45, 2.75) is 96.2 Å². The van der Waals surface area contributed by atoms with Crippen molar-refractivity contribution in [3.8, 4) is 0 Å². The molecular formula is C32H45N5O6Si. The van der Waals surface area contributed by atoms with Gasteiger partial charge in [-0.15, -0.1) is 0 Å². The summed E-state index contributed by atoms with van der Waals surface area (Å²) in [5, 5.41) is 8.64. The highest BCUT2D eigenvalue weighted by molar-refractivity contribution is 6.74. The summed E-state index contributed by atoms with van der Waals surface area (Å²) in [6.45, 7) is 14.2. The Bertz CT molecular complexity index is 1440. The predicted molar refractivity (Wildman–Crippen MR) is 170 cm³/mol. The second kappa shape index (κ2) is 13.6. The maximum atomic E-state index is 13.4. The van der Waals surface area contributed by atoms with E-state index in [9.17, 15) is 19.2 Å². The Labute approximate surface area is 260 Å². The molecule has 0 spiro atoms. The van der Waals surface area contributed by atoms with Crippen molar-refractivity contribution in [2.75, 3.05) is 13.2 Å². The fraction of sp³-hybridized carbons (Fsp3) is 0.531. The van der Waals surface area contributed by atoms with Crippen LogP contribution in [0.5, 0.6) is 0 Å². The van der Waals surface area contributed by atoms with Gasteiger partial charge in [-0.25, -0.2) is 5.43 Å². The molecule has 1 fully saturated rings. The topological polar surface area (TPSA) is 139 Å². The van der Waals surface area contributed by atoms with E-state index in [-0.39, 0.29) is 24.0 Å². The van der Waals surface area contributed by atoms with Crippen molar-refractivity contribution in [1.29, 1.82) is 0 Å². The van der Waals surface area contributed by atoms with Gasteiger partial charge in [0.05, 0.1) is 12.3 Å². The fourth-order valence-electron chi connectivity index (χ4n) is 4.80. The number of carbonyl (C=O) groups is 4. The molecule has 4 atom stereocenters. The minimum atomic E-state index is -2.25. The number of fused-ring (bicyclic) bond motifs is 4. The van der Waals surface area contributed by atoms with Gasteiger partial charge in [0.25, 0.3) is 5.91 Å². The number of aromatic nitrogens is 1. The molecule has 4 rings (SSSR count). The smallest absolute Gasteiger partial charge is 0.325 e. The summed E-state index contributed by atoms with van der Waals surface area (Å²) in [6.07, 6.45) is 5.79. The van der Waals surface area contributed by atoms with Crippen LogP contribution in [0.15, 0.2) is 36.5 Å². The summed E-state index contributed by atoms with van der Waals surface area (Å²) in [4.78, 5) is 57.4. The van der Waals surface area contributed by atoms with Crippen LogP contribution in [0.2, 0.25) is 18.1 Å². The van der Waals surface area contributed by atoms with E-state index in [0.717, 1.165) is 16.3 Å². The summed E-state index contributed by atoms with van der Waals surface area (Å²) >= 11 is 0. The molecule has 2 aliphatic heterocycles. The Morgan fingerprint density at radius 1 is 1.07 bits per heavy atom. The molecule has 1 aromatic carbocycles. The molecule has 0 unspecified atom stereocenters. The van der Waals surface area contributed by atoms with Gasteiger partial charge in [0.2, 0.25) is 11.8 Å². The van der Waals surface area contributed by atoms with Crippen molar-refractivity contribution in [2.24, 2.45) is 0 Å². The largest absolute Gasteiger partial charge is 0.457 e. The van der Waals surface area contributed by atoms with Crippen LogP contribution in [0, 0.1) is 0 Å². The SMILES string of the molecule is C[C@@H]1NC(=O)[C@H](CO[Si](C)(C)C(C)(C)C)NC(=O)C/C=C/c2cc3cc(ccc3cn2)[C@@H](C)OC(=O)[C@@H]2CCCN(N2)C1=O. The van der Waals surface area contributed by atoms with Gasteiger partial charge in [0, 0.05) is 24.5 Å². The summed E-state index contributed by atoms with van der Waals surface area (Å²) in [7, 11) is -2.25. The van der Waals surface area contributed by atoms with Gasteiger partial charge < -0.3 is 19.8 Å². The molecule has 238 valence electrons. The average Bonchev–Trinajstić information content (AvgIpc) is 2.97. The van der Waals surface area contributed by atoms with E-state index in [1.807, 2.05) is 31.2 Å². The quantitative estimate of drug-likeness (QED) is 0.347. The minimum Gasteiger partial charge on any atom is -0.457 e. The zero-order valence-corrected chi connectivity index (χ0v) is 27.7. The number of ether oxygens (including phenoxy) is 1. The first-order valence-corrected chi connectivity index (χ1v) is 18.1. The van der Waals surface area contributed by atoms with Crippen molar-refractivity contribution in [3.05, 3.63) is 47.8 Å². The van der Waals surface area contributed by atoms with Crippen molar-refractivity contribution in [1.82, 2.24) is 26.1 Å². The Morgan fingerprint density at radius 3 is 2.55 bits per heavy atom. The maximum Gasteiger partial charge on any atom is 0.325 e. The molecule has 0 aliphatic carbocycles. The Hall–Kier alpha value is -3.61. The Kier molecular flexibility index (Phi) is 10.3. The zero-order chi connectivity index (χ0) is 32.2. The monoisotopic (exact) mass is 623 g/mol. The van der Waals surface area contributed by atoms with E-state index < -0.39 is 50.3 Å². The highest BCUT2D eigenvalue weighted by Crippen LogP contribution is 2.36. The fourth-order valence-corrected chi connectivity index (χ4v) is 5.82. The van der Waals surface area contributed by atoms with Crippen molar-refractivity contribution < 1.29 is 28.3 Å². The van der Waals surface area contributed by atoms with Crippen LogP contribution in [-0.2, 0) is 28.3 Å². The molecule has 3 heterocycles. The van der Waals surface area contributed by atoms with Crippen molar-refractivity contribution in [3.63, 3.8) is 0 Å². The van der Waals surface area contributed by atoms with E-state index in [0.29, 0.717) is 25.1 Å². The number of cyclic esters (lactones) is 1. The highest BCUT2D eigenvalue weighted by atomic mass is 28.4. The molecule has 12 heteroatoms. The lowest BCUT2D eigenvalue weighted by Gasteiger charge is -2.37. The van der Waals surface area contributed by atoms with Gasteiger partial charge in [0.1, 0.15) is 24.2 Å². The summed E-state index contributed by atoms with van der Waals surface area (Å²) in [5.41, 5.74) is 4.48. The van der Waals surface area contributed by atoms with Crippen LogP contribution in [0.1, 0.15) is 71.2 Å². The van der Waals surface area contributed by atoms with Crippen molar-refractivity contribution >= 4 is 48.9 Å². The van der Waals surface area contributed by atoms with Gasteiger partial charge >= 0.3 is 5.97 Å². The van der Waals surface area contributed by atoms with Gasteiger partial charge in [-0.3, -0.25) is 29.2 Å². The van der Waals surface area contributed by atoms with E-state index in [4.69, 9.17) is 9.16 Å². The molecule has 1 aromatic heterocycles. The number of esters is 1. The number of amides is 3. The van der Waals surface area contributed by atoms with Crippen LogP contribution in [0.4, 0.5) is 0 Å². The molecule has 2 aromatic rings. The van der Waals surface area contributed by atoms with Crippen LogP contribution < -0.4 is 16.1 Å². The molecule has 3 amide bonds. The van der Waals surface area contributed by atoms with Crippen LogP contribution in [-0.4, -0.2) is 73.3 Å². The number of hydrogen-bond donors (Lipinski definition) is 3. The number of hydrazine groups is 1. The van der Waals surface area contributed by atoms with Gasteiger partial charge in [0.15, 0.2) is 8.32 Å². The number of nitrogens with zero attached hydrogens (tertiary/aromatic N) is 2. The zero-order valence-electron chi connectivity index (χ0n) is 26.7. The standard InChI is InChI=1S/C32H45N5O6Si/c1-20-30(40)37-15-9-11-26(36-37)31(41)43-21(2)22-13-14-23-18-33-25(17-24(23)16-22)10-8-12-28(38)35-27(29(39)34-20)19-42-44(6,7)32(3,4)5/h8,10,13-14,16-18,20-21,26-27,36H,9,11-12,15,19H2,1-7H3,(H,34,39)(H,35,38)/b10-8+/t20-,21+,26-,27-/m0/s1. The lowest BCUT2D eigenvalue weighted by molar-refractivity contribution is -0.157. The maximum absolute atomic E-state index is 13.4. The molecule has 5 bridgehead atoms. The number of pyridine rings is 1. The first kappa shape index (κ1) is 33.3. The predicted octanol–water partition coefficient (Wildman–Crippen LogP) is 3.76. The average molecular weight is 624 g/mol. The number of nitrogens with one attached hydrogen (secondary N) is 3. The molecule has 0 radical (unpaired) electrons. The summed E-state index contributed by atoms with van der Waals surface area (Å²) in [5.74, 6) is -1.74. The summed E-state index contributed by atoms with van der Waals surface area (Å²) in [6, 6.07) is 5.04. The molecule has 1 saturated heterocycles. The number of benzene rings is 1. The van der Waals surface area contributed by atoms with Crippen LogP contribution in [0.3, 0.4) is 0 Å². The lowest BCUT2D eigenvalue weighted by atomic mass is 10.0. The molecule has 2 aliphatic rings. The first-order valence-electron chi connectivity index (χ1n) is 15.2. The third-order valence-electron chi connectivity index (χ3n) is 8.66. The van der Waals surface area contributed by atoms with E-state index in [2.05, 4.69) is 54.9 Å². The second-order valence-electron chi connectivity index (χ2n) is 13.1. The molecule has 11 nitrogen and oxygen atoms in total. The lowest BCUT2D eigenvalue weighted by Crippen LogP contribution is -2.61. The molecular weight excluding hydrogens is 578 g/mol. The van der Waals surface area contributed by atoms with Gasteiger partial charge in [-0.05, 0) is 74.0 Å². The Balaban J connectivity index is 1.63. The minimum absolute atomic E-state index is 0.0180. The third-order valence-corrected chi connectivity index (χ3v) is 13.2. The summed E-state index contributed by atoms with van der Waals surface area (Å²) < 4.78 is 12.1. The second-order valence-corrected chi connectivity index (χ2v) is 17.9. The van der Waals surface area contributed by atoms with Gasteiger partial charge in [-0.2, -0.15) is 0 Å². The highest BCUT2D eigenvalue weighted by Gasteiger charge is 2.39. The van der Waals surface area contributed by atoms with Crippen LogP contribution >= 0.6 is 0 Å². The third kappa shape index (κ3) is 8.10. The van der Waals surface area contributed by atoms with Gasteiger partial charge in [-0.1, -0.05) is 39.0 Å². The van der Waals surface area contributed by atoms with E-state index >= 15 is 0 Å². The molecule has 0 saturated carbocycles. The van der Waals surface area contributed by atoms with E-state index in [1.165, 1.54) is 5.01 Å². The Morgan fingerprint density at radius 2 is 1.82 bits per heavy atom. The number of carbonyl (C=O) groups excluding carboxylic acids is 4. The van der Waals surface area contributed by atoms with E-state index in [1.54, 1.807) is 25.3 Å². The number of hydrogen-bond acceptors (Lipinski definition) is 8. The first-order chi connectivity index (χ1) is 20.6. The molecule has 3 N–H and O–H groups in total. The normalized spacial score (nSPS) is 25.3. The van der Waals surface area contributed by atoms with Crippen LogP contribution in [0.25, 0.3) is 16.8 Å². The molecule has 44 heavy (non-hydrogen) atoms. The number of rotatable bonds is 3.